The molecule has 1 aliphatic heterocycles. The fraction of sp³-hybridized carbons (Fsp3) is 0.462. The number of hydrogen-bond donors (Lipinski definition) is 2. The molecule has 1 aromatic carbocycles. The topological polar surface area (TPSA) is 27.3 Å². The Balaban J connectivity index is 2.21. The Morgan fingerprint density at radius 1 is 1.28 bits per heavy atom. The van der Waals surface area contributed by atoms with E-state index in [1.807, 2.05) is 29.3 Å². The van der Waals surface area contributed by atoms with E-state index in [9.17, 15) is 0 Å². The normalized spacial score (nSPS) is 23.3. The second-order valence-electron chi connectivity index (χ2n) is 4.54. The second-order valence-corrected chi connectivity index (χ2v) is 5.36. The van der Waals surface area contributed by atoms with Crippen molar-refractivity contribution in [1.29, 1.82) is 0 Å². The van der Waals surface area contributed by atoms with Gasteiger partial charge < -0.3 is 5.32 Å². The third-order valence-corrected chi connectivity index (χ3v) is 3.78. The molecule has 0 saturated carbocycles. The average molecular weight is 284 g/mol. The molecule has 1 saturated heterocycles. The zero-order valence-corrected chi connectivity index (χ0v) is 12.2. The second kappa shape index (κ2) is 5.43. The number of rotatable bonds is 4. The van der Waals surface area contributed by atoms with Gasteiger partial charge in [-0.3, -0.25) is 5.01 Å². The van der Waals surface area contributed by atoms with Crippen LogP contribution in [0.1, 0.15) is 33.1 Å². The monoisotopic (exact) mass is 283 g/mol. The van der Waals surface area contributed by atoms with E-state index in [-0.39, 0.29) is 5.66 Å². The number of anilines is 1. The first-order valence-corrected chi connectivity index (χ1v) is 7.04. The van der Waals surface area contributed by atoms with Gasteiger partial charge in [0.15, 0.2) is 5.11 Å². The zero-order valence-electron chi connectivity index (χ0n) is 10.7. The Bertz CT molecular complexity index is 434. The lowest BCUT2D eigenvalue weighted by molar-refractivity contribution is 0.300. The van der Waals surface area contributed by atoms with Gasteiger partial charge in [0.25, 0.3) is 0 Å². The van der Waals surface area contributed by atoms with E-state index < -0.39 is 0 Å². The molecule has 98 valence electrons. The summed E-state index contributed by atoms with van der Waals surface area (Å²) in [4.78, 5) is 0. The Hall–Kier alpha value is -0.840. The summed E-state index contributed by atoms with van der Waals surface area (Å²) in [5.41, 5.74) is 4.36. The lowest BCUT2D eigenvalue weighted by Crippen LogP contribution is -2.50. The summed E-state index contributed by atoms with van der Waals surface area (Å²) < 4.78 is 0. The molecule has 5 heteroatoms. The van der Waals surface area contributed by atoms with E-state index in [1.165, 1.54) is 0 Å². The van der Waals surface area contributed by atoms with Crippen LogP contribution in [-0.2, 0) is 0 Å². The van der Waals surface area contributed by atoms with Crippen LogP contribution in [0.15, 0.2) is 24.3 Å². The van der Waals surface area contributed by atoms with Gasteiger partial charge in [0, 0.05) is 5.02 Å². The van der Waals surface area contributed by atoms with Crippen molar-refractivity contribution in [2.75, 3.05) is 5.01 Å². The summed E-state index contributed by atoms with van der Waals surface area (Å²) in [6.07, 6.45) is 3.11. The van der Waals surface area contributed by atoms with Crippen molar-refractivity contribution in [2.45, 2.75) is 38.8 Å². The quantitative estimate of drug-likeness (QED) is 0.828. The van der Waals surface area contributed by atoms with Gasteiger partial charge in [0.05, 0.1) is 5.69 Å². The van der Waals surface area contributed by atoms with Crippen molar-refractivity contribution in [1.82, 2.24) is 10.7 Å². The largest absolute Gasteiger partial charge is 0.342 e. The maximum Gasteiger partial charge on any atom is 0.189 e. The van der Waals surface area contributed by atoms with Gasteiger partial charge in [-0.1, -0.05) is 31.9 Å². The third-order valence-electron chi connectivity index (χ3n) is 3.24. The molecule has 0 unspecified atom stereocenters. The summed E-state index contributed by atoms with van der Waals surface area (Å²) >= 11 is 11.3. The smallest absolute Gasteiger partial charge is 0.189 e. The molecule has 0 aromatic heterocycles. The molecule has 0 amide bonds. The summed E-state index contributed by atoms with van der Waals surface area (Å²) in [5.74, 6) is 0. The van der Waals surface area contributed by atoms with Gasteiger partial charge >= 0.3 is 0 Å². The van der Waals surface area contributed by atoms with Crippen LogP contribution in [-0.4, -0.2) is 10.8 Å². The first-order valence-electron chi connectivity index (χ1n) is 6.26. The van der Waals surface area contributed by atoms with Gasteiger partial charge in [-0.15, -0.1) is 0 Å². The van der Waals surface area contributed by atoms with E-state index >= 15 is 0 Å². The predicted octanol–water partition coefficient (Wildman–Crippen LogP) is 3.45. The minimum absolute atomic E-state index is 0.120. The van der Waals surface area contributed by atoms with Crippen molar-refractivity contribution in [3.63, 3.8) is 0 Å². The first-order chi connectivity index (χ1) is 8.60. The maximum absolute atomic E-state index is 5.90. The first kappa shape index (κ1) is 13.6. The molecule has 3 nitrogen and oxygen atoms in total. The number of hydrogen-bond acceptors (Lipinski definition) is 2. The number of nitrogens with one attached hydrogen (secondary N) is 2. The number of benzene rings is 1. The van der Waals surface area contributed by atoms with Gasteiger partial charge in [0.2, 0.25) is 0 Å². The van der Waals surface area contributed by atoms with Crippen LogP contribution < -0.4 is 15.8 Å². The van der Waals surface area contributed by atoms with E-state index in [1.54, 1.807) is 0 Å². The standard InChI is InChI=1S/C13H18ClN3S/c1-3-9-13(4-2)15-12(18)17(16-13)11-7-5-10(14)6-8-11/h5-8,16H,3-4,9H2,1-2H3,(H,15,18)/t13-/m1/s1. The van der Waals surface area contributed by atoms with Crippen LogP contribution in [0.3, 0.4) is 0 Å². The fourth-order valence-electron chi connectivity index (χ4n) is 2.21. The number of nitrogens with zero attached hydrogens (tertiary/aromatic N) is 1. The van der Waals surface area contributed by atoms with Crippen LogP contribution in [0, 0.1) is 0 Å². The van der Waals surface area contributed by atoms with Gasteiger partial charge in [-0.2, -0.15) is 0 Å². The molecule has 0 bridgehead atoms. The van der Waals surface area contributed by atoms with Crippen molar-refractivity contribution in [2.24, 2.45) is 0 Å². The highest BCUT2D eigenvalue weighted by atomic mass is 35.5. The molecule has 1 atom stereocenters. The molecular weight excluding hydrogens is 266 g/mol. The van der Waals surface area contributed by atoms with Crippen molar-refractivity contribution in [3.8, 4) is 0 Å². The molecule has 2 N–H and O–H groups in total. The van der Waals surface area contributed by atoms with Crippen molar-refractivity contribution >= 4 is 34.6 Å². The number of halogens is 1. The minimum atomic E-state index is -0.120. The minimum Gasteiger partial charge on any atom is -0.342 e. The van der Waals surface area contributed by atoms with E-state index in [2.05, 4.69) is 24.6 Å². The summed E-state index contributed by atoms with van der Waals surface area (Å²) in [5, 5.41) is 6.76. The summed E-state index contributed by atoms with van der Waals surface area (Å²) in [6, 6.07) is 7.65. The van der Waals surface area contributed by atoms with Crippen LogP contribution in [0.5, 0.6) is 0 Å². The molecule has 1 aromatic rings. The predicted molar refractivity (Wildman–Crippen MR) is 80.7 cm³/mol. The Morgan fingerprint density at radius 3 is 2.50 bits per heavy atom. The average Bonchev–Trinajstić information content (AvgIpc) is 2.69. The molecule has 18 heavy (non-hydrogen) atoms. The van der Waals surface area contributed by atoms with Crippen LogP contribution in [0.4, 0.5) is 5.69 Å². The van der Waals surface area contributed by atoms with E-state index in [0.717, 1.165) is 30.0 Å². The van der Waals surface area contributed by atoms with Crippen LogP contribution >= 0.6 is 23.8 Å². The van der Waals surface area contributed by atoms with Crippen molar-refractivity contribution in [3.05, 3.63) is 29.3 Å². The SMILES string of the molecule is CCC[C@]1(CC)NC(=S)N(c2ccc(Cl)cc2)N1. The van der Waals surface area contributed by atoms with Crippen LogP contribution in [0.2, 0.25) is 5.02 Å². The number of thiocarbonyl (C=S) groups is 1. The molecule has 0 spiro atoms. The van der Waals surface area contributed by atoms with Gasteiger partial charge in [0.1, 0.15) is 5.66 Å². The maximum atomic E-state index is 5.90. The Labute approximate surface area is 118 Å². The molecule has 1 aliphatic rings. The zero-order chi connectivity index (χ0) is 13.2. The molecule has 1 heterocycles. The van der Waals surface area contributed by atoms with E-state index in [0.29, 0.717) is 5.11 Å². The third kappa shape index (κ3) is 2.60. The molecule has 1 fully saturated rings. The highest BCUT2D eigenvalue weighted by Gasteiger charge is 2.38. The Morgan fingerprint density at radius 2 is 1.94 bits per heavy atom. The highest BCUT2D eigenvalue weighted by Crippen LogP contribution is 2.25. The van der Waals surface area contributed by atoms with Gasteiger partial charge in [-0.05, 0) is 49.3 Å². The van der Waals surface area contributed by atoms with Crippen molar-refractivity contribution < 1.29 is 0 Å². The molecule has 2 rings (SSSR count). The molecular formula is C13H18ClN3S. The summed E-state index contributed by atoms with van der Waals surface area (Å²) in [6.45, 7) is 4.33. The molecule has 0 aliphatic carbocycles. The Kier molecular flexibility index (Phi) is 4.10. The fourth-order valence-corrected chi connectivity index (χ4v) is 2.69. The lowest BCUT2D eigenvalue weighted by Gasteiger charge is -2.28. The van der Waals surface area contributed by atoms with Crippen LogP contribution in [0.25, 0.3) is 0 Å². The highest BCUT2D eigenvalue weighted by molar-refractivity contribution is 7.80. The van der Waals surface area contributed by atoms with E-state index in [4.69, 9.17) is 23.8 Å². The number of hydrazine groups is 1. The molecule has 0 radical (unpaired) electrons. The lowest BCUT2D eigenvalue weighted by atomic mass is 10.0. The summed E-state index contributed by atoms with van der Waals surface area (Å²) in [7, 11) is 0. The van der Waals surface area contributed by atoms with Gasteiger partial charge in [-0.25, -0.2) is 5.43 Å².